The van der Waals surface area contributed by atoms with Gasteiger partial charge in [0, 0.05) is 119 Å². The molecule has 31 rings (SSSR count). The van der Waals surface area contributed by atoms with Crippen molar-refractivity contribution in [2.45, 2.75) is 19.3 Å². The Morgan fingerprint density at radius 3 is 1.12 bits per heavy atom. The van der Waals surface area contributed by atoms with E-state index in [0.717, 1.165) is 165 Å². The Hall–Kier alpha value is -19.8. The van der Waals surface area contributed by atoms with E-state index in [0.29, 0.717) is 56.4 Å². The predicted octanol–water partition coefficient (Wildman–Crippen LogP) is 31.3. The van der Waals surface area contributed by atoms with Crippen molar-refractivity contribution in [1.82, 2.24) is 78.8 Å². The summed E-state index contributed by atoms with van der Waals surface area (Å²) >= 11 is 0. The lowest BCUT2D eigenvalue weighted by atomic mass is 9.82. The van der Waals surface area contributed by atoms with Crippen molar-refractivity contribution < 1.29 is 4.42 Å². The number of rotatable bonds is 10. The van der Waals surface area contributed by atoms with Gasteiger partial charge in [0.15, 0.2) is 17.5 Å². The van der Waals surface area contributed by atoms with Gasteiger partial charge in [-0.1, -0.05) is 323 Å². The topological polar surface area (TPSA) is 188 Å². The van der Waals surface area contributed by atoms with Crippen molar-refractivity contribution in [1.29, 1.82) is 0 Å². The van der Waals surface area contributed by atoms with Crippen LogP contribution in [0, 0.1) is 0 Å². The number of benzene rings is 19. The first-order valence-electron chi connectivity index (χ1n) is 48.9. The fourth-order valence-electron chi connectivity index (χ4n) is 22.9. The Labute approximate surface area is 833 Å². The molecule has 0 amide bonds. The maximum atomic E-state index is 6.37. The van der Waals surface area contributed by atoms with Crippen LogP contribution in [0.3, 0.4) is 0 Å². The van der Waals surface area contributed by atoms with E-state index < -0.39 is 0 Å². The van der Waals surface area contributed by atoms with Crippen molar-refractivity contribution >= 4 is 175 Å². The van der Waals surface area contributed by atoms with Crippen molar-refractivity contribution in [2.75, 3.05) is 0 Å². The minimum absolute atomic E-state index is 0.126. The second kappa shape index (κ2) is 33.2. The van der Waals surface area contributed by atoms with E-state index in [2.05, 4.69) is 402 Å². The number of fused-ring (bicyclic) bond motifs is 24. The van der Waals surface area contributed by atoms with Gasteiger partial charge < -0.3 is 8.98 Å². The second-order valence-electron chi connectivity index (χ2n) is 37.9. The number of hydrogen-bond donors (Lipinski definition) is 0. The number of aromatic nitrogens is 16. The lowest BCUT2D eigenvalue weighted by Crippen LogP contribution is -2.14. The van der Waals surface area contributed by atoms with E-state index in [4.69, 9.17) is 64.9 Å². The Kier molecular flexibility index (Phi) is 18.9. The standard InChI is InChI=1S/C46H28N6.C43H29N5.C40H23N5O/c1-3-12-29(13-4-1)32-22-23-39-36(27-32)37-26-30-14-7-8-15-31(30)28-41(37)52(39)46-45-44(47-24-25-48-45)43(49-50-46)35-19-11-21-40-42(35)34-18-9-10-20-38(34)51(40)33-16-5-2-6-17-33;1-43(2)33-19-9-8-16-30(33)37-31(18-10-20-34(37)43)39-40-41(45-23-22-44-40)42(47-46-39)48-35-21-11-17-29(26-12-4-3-5-13-26)38(35)32-24-27-14-6-7-15-28(27)25-36(32)48;1-2-9-24(10-3-1)27-17-18-33-31(22-27)32-21-25-11-4-5-12-26(25)23-34(32)45(33)40-38-37(41-19-20-42-38)36(43-44-40)30-15-8-14-29-28-13-6-7-16-35(28)46-39(29)30/h1-28H;3-25H,1-2H3;1-23H. The maximum absolute atomic E-state index is 6.37. The third kappa shape index (κ3) is 13.0. The zero-order chi connectivity index (χ0) is 96.3. The summed E-state index contributed by atoms with van der Waals surface area (Å²) in [6.45, 7) is 4.59. The molecule has 11 aromatic heterocycles. The summed E-state index contributed by atoms with van der Waals surface area (Å²) in [6.07, 6.45) is 10.4. The van der Waals surface area contributed by atoms with E-state index in [1.807, 2.05) is 42.5 Å². The van der Waals surface area contributed by atoms with Gasteiger partial charge in [0.1, 0.15) is 61.3 Å². The Morgan fingerprint density at radius 1 is 0.212 bits per heavy atom. The Balaban J connectivity index is 0.000000104. The van der Waals surface area contributed by atoms with Gasteiger partial charge in [-0.05, 0) is 191 Å². The van der Waals surface area contributed by atoms with E-state index >= 15 is 0 Å². The molecule has 0 spiro atoms. The first kappa shape index (κ1) is 83.2. The molecule has 17 heteroatoms. The van der Waals surface area contributed by atoms with Crippen LogP contribution in [0.2, 0.25) is 0 Å². The maximum Gasteiger partial charge on any atom is 0.188 e. The van der Waals surface area contributed by atoms with Gasteiger partial charge in [0.25, 0.3) is 0 Å². The van der Waals surface area contributed by atoms with Crippen LogP contribution in [-0.2, 0) is 5.41 Å². The summed E-state index contributed by atoms with van der Waals surface area (Å²) in [5.74, 6) is 1.94. The van der Waals surface area contributed by atoms with Crippen molar-refractivity contribution in [3.63, 3.8) is 0 Å². The molecule has 0 saturated carbocycles. The average molecular weight is 1870 g/mol. The largest absolute Gasteiger partial charge is 0.455 e. The van der Waals surface area contributed by atoms with Crippen LogP contribution in [0.15, 0.2) is 454 Å². The zero-order valence-corrected chi connectivity index (χ0v) is 78.8. The fraction of sp³-hybridized carbons (Fsp3) is 0.0233. The highest BCUT2D eigenvalue weighted by Gasteiger charge is 2.38. The van der Waals surface area contributed by atoms with Crippen LogP contribution < -0.4 is 0 Å². The Morgan fingerprint density at radius 2 is 0.568 bits per heavy atom. The number of nitrogens with zero attached hydrogens (tertiary/aromatic N) is 16. The number of hydrogen-bond acceptors (Lipinski definition) is 13. The van der Waals surface area contributed by atoms with Crippen LogP contribution >= 0.6 is 0 Å². The first-order valence-corrected chi connectivity index (χ1v) is 48.9. The molecular formula is C129H80N16O. The molecule has 682 valence electrons. The highest BCUT2D eigenvalue weighted by atomic mass is 16.3. The molecule has 0 unspecified atom stereocenters. The van der Waals surface area contributed by atoms with Gasteiger partial charge in [0.2, 0.25) is 0 Å². The molecule has 0 aliphatic heterocycles. The average Bonchev–Trinajstić information content (AvgIpc) is 1.52. The lowest BCUT2D eigenvalue weighted by molar-refractivity contribution is 0.660. The van der Waals surface area contributed by atoms with E-state index in [-0.39, 0.29) is 5.41 Å². The number of para-hydroxylation sites is 4. The fourth-order valence-corrected chi connectivity index (χ4v) is 22.9. The summed E-state index contributed by atoms with van der Waals surface area (Å²) in [4.78, 5) is 29.5. The molecule has 0 bridgehead atoms. The Bertz CT molecular complexity index is 10700. The van der Waals surface area contributed by atoms with Crippen LogP contribution in [0.25, 0.3) is 276 Å². The van der Waals surface area contributed by atoms with Crippen molar-refractivity contribution in [3.8, 4) is 101 Å². The SMILES string of the molecule is CC1(C)c2ccccc2-c2c(-c3nnc(-n4c5cc6ccccc6cc5c5c(-c6ccccc6)cccc54)c4nccnc34)cccc21.c1ccc(-c2ccc3c(c2)c2cc4ccccc4cc2n3-c2nnc(-c3cccc4c3c3ccccc3n4-c3ccccc3)c3nccnc23)cc1.c1ccc(-c2ccc3c(c2)c2cc4ccccc4cc2n3-c2nnc(-c3cccc4c3oc3ccccc34)c3nccnc23)cc1. The third-order valence-electron chi connectivity index (χ3n) is 29.5. The lowest BCUT2D eigenvalue weighted by Gasteiger charge is -2.21. The molecule has 30 aromatic rings. The van der Waals surface area contributed by atoms with Gasteiger partial charge in [0.05, 0.1) is 44.1 Å². The van der Waals surface area contributed by atoms with Crippen molar-refractivity contribution in [2.24, 2.45) is 0 Å². The summed E-state index contributed by atoms with van der Waals surface area (Å²) in [6, 6.07) is 145. The van der Waals surface area contributed by atoms with Crippen LogP contribution in [0.5, 0.6) is 0 Å². The highest BCUT2D eigenvalue weighted by molar-refractivity contribution is 6.23. The summed E-state index contributed by atoms with van der Waals surface area (Å²) in [5.41, 5.74) is 32.1. The molecule has 17 nitrogen and oxygen atoms in total. The molecule has 11 heterocycles. The quantitative estimate of drug-likeness (QED) is 0.126. The monoisotopic (exact) mass is 1870 g/mol. The molecule has 1 aliphatic rings. The molecule has 0 N–H and O–H groups in total. The number of furan rings is 1. The highest BCUT2D eigenvalue weighted by Crippen LogP contribution is 2.54. The summed E-state index contributed by atoms with van der Waals surface area (Å²) < 4.78 is 15.3. The predicted molar refractivity (Wildman–Crippen MR) is 593 cm³/mol. The first-order chi connectivity index (χ1) is 72.2. The molecule has 0 atom stereocenters. The van der Waals surface area contributed by atoms with Gasteiger partial charge in [-0.3, -0.25) is 28.7 Å². The normalized spacial score (nSPS) is 12.4. The summed E-state index contributed by atoms with van der Waals surface area (Å²) in [7, 11) is 0. The van der Waals surface area contributed by atoms with Gasteiger partial charge in [-0.2, -0.15) is 0 Å². The minimum Gasteiger partial charge on any atom is -0.455 e. The zero-order valence-electron chi connectivity index (χ0n) is 78.8. The van der Waals surface area contributed by atoms with Gasteiger partial charge >= 0.3 is 0 Å². The molecule has 146 heavy (non-hydrogen) atoms. The third-order valence-corrected chi connectivity index (χ3v) is 29.5. The van der Waals surface area contributed by atoms with Crippen LogP contribution in [0.4, 0.5) is 0 Å². The smallest absolute Gasteiger partial charge is 0.188 e. The minimum atomic E-state index is -0.126. The molecule has 0 saturated heterocycles. The van der Waals surface area contributed by atoms with Crippen molar-refractivity contribution in [3.05, 3.63) is 461 Å². The van der Waals surface area contributed by atoms with Crippen LogP contribution in [-0.4, -0.2) is 78.8 Å². The molecule has 19 aromatic carbocycles. The molecule has 0 fully saturated rings. The molecule has 0 radical (unpaired) electrons. The second-order valence-corrected chi connectivity index (χ2v) is 37.9. The van der Waals surface area contributed by atoms with E-state index in [9.17, 15) is 0 Å². The van der Waals surface area contributed by atoms with Gasteiger partial charge in [-0.25, -0.2) is 15.0 Å². The van der Waals surface area contributed by atoms with E-state index in [1.54, 1.807) is 37.2 Å². The van der Waals surface area contributed by atoms with Gasteiger partial charge in [-0.15, -0.1) is 30.6 Å². The van der Waals surface area contributed by atoms with Crippen LogP contribution in [0.1, 0.15) is 25.0 Å². The molecular weight excluding hydrogens is 1790 g/mol. The molecule has 1 aliphatic carbocycles. The van der Waals surface area contributed by atoms with E-state index in [1.165, 1.54) is 66.1 Å². The summed E-state index contributed by atoms with van der Waals surface area (Å²) in [5, 5.41) is 48.2.